The number of hydrogen-bond donors (Lipinski definition) is 2. The number of hydrogen-bond acceptors (Lipinski definition) is 5. The summed E-state index contributed by atoms with van der Waals surface area (Å²) in [5, 5.41) is 11.3. The van der Waals surface area contributed by atoms with Crippen LogP contribution in [-0.4, -0.2) is 39.9 Å². The molecule has 0 aliphatic carbocycles. The van der Waals surface area contributed by atoms with Crippen molar-refractivity contribution in [3.05, 3.63) is 16.1 Å². The molecule has 0 radical (unpaired) electrons. The van der Waals surface area contributed by atoms with E-state index in [0.29, 0.717) is 24.4 Å². The number of carbonyl (C=O) groups excluding carboxylic acids is 1. The van der Waals surface area contributed by atoms with Crippen molar-refractivity contribution in [3.8, 4) is 0 Å². The standard InChI is InChI=1S/C10H16N4O2S/c1-3-14(5-4-8(11)13-16)10(15)9-7(2)12-6-17-9/h6,16H,3-5H2,1-2H3,(H2,11,13). The lowest BCUT2D eigenvalue weighted by Crippen LogP contribution is -2.33. The second kappa shape index (κ2) is 6.19. The Kier molecular flexibility index (Phi) is 4.89. The Morgan fingerprint density at radius 1 is 1.71 bits per heavy atom. The van der Waals surface area contributed by atoms with Crippen LogP contribution < -0.4 is 5.73 Å². The quantitative estimate of drug-likeness (QED) is 0.356. The summed E-state index contributed by atoms with van der Waals surface area (Å²) in [4.78, 5) is 18.5. The van der Waals surface area contributed by atoms with Crippen LogP contribution in [0, 0.1) is 6.92 Å². The number of nitrogens with two attached hydrogens (primary N) is 1. The van der Waals surface area contributed by atoms with E-state index >= 15 is 0 Å². The lowest BCUT2D eigenvalue weighted by molar-refractivity contribution is 0.0772. The van der Waals surface area contributed by atoms with Crippen LogP contribution in [0.1, 0.15) is 28.7 Å². The first kappa shape index (κ1) is 13.4. The zero-order chi connectivity index (χ0) is 12.8. The summed E-state index contributed by atoms with van der Waals surface area (Å²) in [6.07, 6.45) is 0.355. The van der Waals surface area contributed by atoms with E-state index in [9.17, 15) is 4.79 Å². The molecule has 0 bridgehead atoms. The molecule has 3 N–H and O–H groups in total. The molecule has 0 spiro atoms. The molecule has 0 aliphatic heterocycles. The molecule has 1 aromatic rings. The molecule has 7 heteroatoms. The maximum absolute atomic E-state index is 12.1. The van der Waals surface area contributed by atoms with Crippen molar-refractivity contribution in [2.75, 3.05) is 13.1 Å². The molecular weight excluding hydrogens is 240 g/mol. The number of aromatic nitrogens is 1. The van der Waals surface area contributed by atoms with E-state index < -0.39 is 0 Å². The van der Waals surface area contributed by atoms with Gasteiger partial charge in [-0.2, -0.15) is 0 Å². The van der Waals surface area contributed by atoms with Crippen molar-refractivity contribution < 1.29 is 10.0 Å². The molecule has 94 valence electrons. The minimum Gasteiger partial charge on any atom is -0.409 e. The number of aryl methyl sites for hydroxylation is 1. The molecule has 1 heterocycles. The van der Waals surface area contributed by atoms with E-state index in [1.165, 1.54) is 11.3 Å². The van der Waals surface area contributed by atoms with E-state index in [1.807, 2.05) is 6.92 Å². The normalized spacial score (nSPS) is 11.5. The lowest BCUT2D eigenvalue weighted by atomic mass is 10.3. The molecule has 0 saturated carbocycles. The topological polar surface area (TPSA) is 91.8 Å². The maximum atomic E-state index is 12.1. The Balaban J connectivity index is 2.68. The van der Waals surface area contributed by atoms with Gasteiger partial charge in [0.1, 0.15) is 10.7 Å². The van der Waals surface area contributed by atoms with Crippen molar-refractivity contribution >= 4 is 23.1 Å². The van der Waals surface area contributed by atoms with Crippen molar-refractivity contribution in [1.82, 2.24) is 9.88 Å². The number of amidine groups is 1. The van der Waals surface area contributed by atoms with Gasteiger partial charge in [0.15, 0.2) is 0 Å². The number of carbonyl (C=O) groups is 1. The molecule has 6 nitrogen and oxygen atoms in total. The van der Waals surface area contributed by atoms with Crippen molar-refractivity contribution in [3.63, 3.8) is 0 Å². The van der Waals surface area contributed by atoms with E-state index in [1.54, 1.807) is 17.3 Å². The number of oxime groups is 1. The van der Waals surface area contributed by atoms with Crippen molar-refractivity contribution in [1.29, 1.82) is 0 Å². The highest BCUT2D eigenvalue weighted by Crippen LogP contribution is 2.15. The van der Waals surface area contributed by atoms with Crippen molar-refractivity contribution in [2.45, 2.75) is 20.3 Å². The molecule has 17 heavy (non-hydrogen) atoms. The number of rotatable bonds is 5. The fraction of sp³-hybridized carbons (Fsp3) is 0.500. The van der Waals surface area contributed by atoms with Crippen LogP contribution >= 0.6 is 11.3 Å². The minimum absolute atomic E-state index is 0.0572. The van der Waals surface area contributed by atoms with Gasteiger partial charge in [0.25, 0.3) is 5.91 Å². The van der Waals surface area contributed by atoms with Gasteiger partial charge in [-0.1, -0.05) is 5.16 Å². The van der Waals surface area contributed by atoms with Crippen LogP contribution in [-0.2, 0) is 0 Å². The van der Waals surface area contributed by atoms with E-state index in [4.69, 9.17) is 10.9 Å². The molecule has 0 fully saturated rings. The van der Waals surface area contributed by atoms with Gasteiger partial charge in [0, 0.05) is 19.5 Å². The first-order valence-corrected chi connectivity index (χ1v) is 6.13. The minimum atomic E-state index is -0.0572. The number of thiazole rings is 1. The first-order valence-electron chi connectivity index (χ1n) is 5.25. The van der Waals surface area contributed by atoms with Crippen LogP contribution in [0.3, 0.4) is 0 Å². The van der Waals surface area contributed by atoms with Gasteiger partial charge in [-0.3, -0.25) is 4.79 Å². The largest absolute Gasteiger partial charge is 0.409 e. The molecule has 1 amide bonds. The average molecular weight is 256 g/mol. The number of amides is 1. The fourth-order valence-electron chi connectivity index (χ4n) is 1.35. The zero-order valence-corrected chi connectivity index (χ0v) is 10.7. The Labute approximate surface area is 104 Å². The van der Waals surface area contributed by atoms with Gasteiger partial charge in [-0.05, 0) is 13.8 Å². The van der Waals surface area contributed by atoms with E-state index in [-0.39, 0.29) is 11.7 Å². The van der Waals surface area contributed by atoms with Crippen LogP contribution in [0.2, 0.25) is 0 Å². The van der Waals surface area contributed by atoms with Gasteiger partial charge in [0.05, 0.1) is 11.2 Å². The van der Waals surface area contributed by atoms with Crippen LogP contribution in [0.5, 0.6) is 0 Å². The Hall–Kier alpha value is -1.63. The summed E-state index contributed by atoms with van der Waals surface area (Å²) in [7, 11) is 0. The molecule has 1 aromatic heterocycles. The molecular formula is C10H16N4O2S. The second-order valence-corrected chi connectivity index (χ2v) is 4.35. The third-order valence-electron chi connectivity index (χ3n) is 2.38. The summed E-state index contributed by atoms with van der Waals surface area (Å²) in [5.41, 5.74) is 7.77. The van der Waals surface area contributed by atoms with Gasteiger partial charge < -0.3 is 15.8 Å². The summed E-state index contributed by atoms with van der Waals surface area (Å²) >= 11 is 1.33. The molecule has 0 aromatic carbocycles. The van der Waals surface area contributed by atoms with Gasteiger partial charge >= 0.3 is 0 Å². The highest BCUT2D eigenvalue weighted by Gasteiger charge is 2.18. The van der Waals surface area contributed by atoms with Crippen LogP contribution in [0.15, 0.2) is 10.7 Å². The summed E-state index contributed by atoms with van der Waals surface area (Å²) < 4.78 is 0. The first-order chi connectivity index (χ1) is 8.10. The fourth-order valence-corrected chi connectivity index (χ4v) is 2.12. The van der Waals surface area contributed by atoms with Gasteiger partial charge in [-0.25, -0.2) is 4.98 Å². The van der Waals surface area contributed by atoms with Gasteiger partial charge in [0.2, 0.25) is 0 Å². The second-order valence-electron chi connectivity index (χ2n) is 3.49. The third kappa shape index (κ3) is 3.42. The molecule has 0 atom stereocenters. The Bertz CT molecular complexity index is 416. The SMILES string of the molecule is CCN(CC/C(N)=N/O)C(=O)c1scnc1C. The molecule has 0 saturated heterocycles. The van der Waals surface area contributed by atoms with Crippen LogP contribution in [0.25, 0.3) is 0 Å². The highest BCUT2D eigenvalue weighted by atomic mass is 32.1. The van der Waals surface area contributed by atoms with E-state index in [0.717, 1.165) is 5.69 Å². The third-order valence-corrected chi connectivity index (χ3v) is 3.29. The summed E-state index contributed by atoms with van der Waals surface area (Å²) in [5.74, 6) is 0.0653. The average Bonchev–Trinajstić information content (AvgIpc) is 2.75. The lowest BCUT2D eigenvalue weighted by Gasteiger charge is -2.19. The highest BCUT2D eigenvalue weighted by molar-refractivity contribution is 7.11. The summed E-state index contributed by atoms with van der Waals surface area (Å²) in [6.45, 7) is 4.71. The molecule has 0 aliphatic rings. The molecule has 0 unspecified atom stereocenters. The predicted octanol–water partition coefficient (Wildman–Crippen LogP) is 1.05. The maximum Gasteiger partial charge on any atom is 0.265 e. The predicted molar refractivity (Wildman–Crippen MR) is 66.5 cm³/mol. The Morgan fingerprint density at radius 2 is 2.41 bits per heavy atom. The Morgan fingerprint density at radius 3 is 2.88 bits per heavy atom. The van der Waals surface area contributed by atoms with Gasteiger partial charge in [-0.15, -0.1) is 11.3 Å². The van der Waals surface area contributed by atoms with Crippen molar-refractivity contribution in [2.24, 2.45) is 10.9 Å². The number of nitrogens with zero attached hydrogens (tertiary/aromatic N) is 3. The summed E-state index contributed by atoms with van der Waals surface area (Å²) in [6, 6.07) is 0. The van der Waals surface area contributed by atoms with E-state index in [2.05, 4.69) is 10.1 Å². The smallest absolute Gasteiger partial charge is 0.265 e. The zero-order valence-electron chi connectivity index (χ0n) is 9.88. The molecule has 1 rings (SSSR count). The van der Waals surface area contributed by atoms with Crippen LogP contribution in [0.4, 0.5) is 0 Å². The monoisotopic (exact) mass is 256 g/mol.